The van der Waals surface area contributed by atoms with Crippen LogP contribution in [0.15, 0.2) is 48.5 Å². The molecule has 0 N–H and O–H groups in total. The summed E-state index contributed by atoms with van der Waals surface area (Å²) >= 11 is 0. The second-order valence-electron chi connectivity index (χ2n) is 8.12. The average molecular weight is 504 g/mol. The lowest BCUT2D eigenvalue weighted by Gasteiger charge is -2.39. The lowest BCUT2D eigenvalue weighted by Crippen LogP contribution is -2.55. The van der Waals surface area contributed by atoms with Crippen LogP contribution in [-0.4, -0.2) is 36.5 Å². The van der Waals surface area contributed by atoms with E-state index in [9.17, 15) is 35.9 Å². The maximum atomic E-state index is 14.6. The third kappa shape index (κ3) is 5.62. The number of benzene rings is 2. The summed E-state index contributed by atoms with van der Waals surface area (Å²) in [6, 6.07) is 6.67. The number of carbonyl (C=O) groups excluding carboxylic acids is 2. The molecule has 0 saturated carbocycles. The number of esters is 2. The van der Waals surface area contributed by atoms with E-state index in [0.717, 1.165) is 30.3 Å². The summed E-state index contributed by atoms with van der Waals surface area (Å²) in [5, 5.41) is 0. The first-order valence-electron chi connectivity index (χ1n) is 11.0. The fourth-order valence-electron chi connectivity index (χ4n) is 3.48. The molecule has 10 heteroatoms. The van der Waals surface area contributed by atoms with Gasteiger partial charge in [0.1, 0.15) is 0 Å². The van der Waals surface area contributed by atoms with E-state index in [-0.39, 0.29) is 0 Å². The van der Waals surface area contributed by atoms with E-state index in [0.29, 0.717) is 31.0 Å². The predicted molar refractivity (Wildman–Crippen MR) is 116 cm³/mol. The Morgan fingerprint density at radius 3 is 1.80 bits per heavy atom. The molecule has 0 aliphatic heterocycles. The molecule has 0 heterocycles. The summed E-state index contributed by atoms with van der Waals surface area (Å²) in [6.07, 6.45) is -12.5. The van der Waals surface area contributed by atoms with Gasteiger partial charge < -0.3 is 9.47 Å². The molecule has 0 spiro atoms. The van der Waals surface area contributed by atoms with Crippen molar-refractivity contribution in [3.63, 3.8) is 0 Å². The van der Waals surface area contributed by atoms with E-state index >= 15 is 0 Å². The van der Waals surface area contributed by atoms with Gasteiger partial charge in [0.05, 0.1) is 23.3 Å². The normalized spacial score (nSPS) is 14.2. The second kappa shape index (κ2) is 10.7. The summed E-state index contributed by atoms with van der Waals surface area (Å²) in [6.45, 7) is 6.34. The maximum absolute atomic E-state index is 14.6. The van der Waals surface area contributed by atoms with Gasteiger partial charge in [-0.1, -0.05) is 44.2 Å². The first-order chi connectivity index (χ1) is 16.2. The molecule has 0 aliphatic carbocycles. The van der Waals surface area contributed by atoms with Crippen LogP contribution in [0.3, 0.4) is 0 Å². The molecule has 0 amide bonds. The Kier molecular flexibility index (Phi) is 8.62. The molecule has 0 saturated heterocycles. The number of alkyl halides is 6. The molecular formula is C25H26F6O4. The first kappa shape index (κ1) is 28.2. The third-order valence-corrected chi connectivity index (χ3v) is 5.70. The number of hydrogen-bond acceptors (Lipinski definition) is 4. The summed E-state index contributed by atoms with van der Waals surface area (Å²) in [5.74, 6) is -2.39. The van der Waals surface area contributed by atoms with Crippen molar-refractivity contribution in [3.05, 3.63) is 70.8 Å². The fraction of sp³-hybridized carbons (Fsp3) is 0.440. The van der Waals surface area contributed by atoms with Crippen molar-refractivity contribution in [2.45, 2.75) is 70.5 Å². The van der Waals surface area contributed by atoms with Crippen LogP contribution >= 0.6 is 0 Å². The molecule has 2 atom stereocenters. The minimum Gasteiger partial charge on any atom is -0.459 e. The van der Waals surface area contributed by atoms with E-state index in [1.165, 1.54) is 13.8 Å². The molecule has 0 bridgehead atoms. The van der Waals surface area contributed by atoms with Crippen LogP contribution in [0.5, 0.6) is 0 Å². The molecule has 2 rings (SSSR count). The van der Waals surface area contributed by atoms with Crippen molar-refractivity contribution in [2.24, 2.45) is 0 Å². The molecule has 2 unspecified atom stereocenters. The lowest BCUT2D eigenvalue weighted by molar-refractivity contribution is -0.288. The molecule has 192 valence electrons. The lowest BCUT2D eigenvalue weighted by atomic mass is 9.71. The SMILES string of the molecule is CCC(C)OC(=O)c1cccc(C(c2ccccc2C(=O)OC(C)CC)(C(F)(F)F)C(F)(F)F)c1. The van der Waals surface area contributed by atoms with Gasteiger partial charge in [0, 0.05) is 0 Å². The van der Waals surface area contributed by atoms with E-state index in [2.05, 4.69) is 0 Å². The summed E-state index contributed by atoms with van der Waals surface area (Å²) < 4.78 is 97.9. The number of carbonyl (C=O) groups is 2. The maximum Gasteiger partial charge on any atom is 0.411 e. The smallest absolute Gasteiger partial charge is 0.411 e. The highest BCUT2D eigenvalue weighted by molar-refractivity contribution is 5.92. The van der Waals surface area contributed by atoms with Crippen molar-refractivity contribution >= 4 is 11.9 Å². The first-order valence-corrected chi connectivity index (χ1v) is 11.0. The second-order valence-corrected chi connectivity index (χ2v) is 8.12. The van der Waals surface area contributed by atoms with Crippen LogP contribution < -0.4 is 0 Å². The molecule has 0 radical (unpaired) electrons. The zero-order valence-electron chi connectivity index (χ0n) is 19.6. The average Bonchev–Trinajstić information content (AvgIpc) is 2.77. The number of rotatable bonds is 8. The summed E-state index contributed by atoms with van der Waals surface area (Å²) in [5.41, 5.74) is -8.62. The zero-order chi connectivity index (χ0) is 26.6. The van der Waals surface area contributed by atoms with Crippen molar-refractivity contribution in [1.29, 1.82) is 0 Å². The Labute approximate surface area is 199 Å². The van der Waals surface area contributed by atoms with Gasteiger partial charge in [0.15, 0.2) is 0 Å². The minimum atomic E-state index is -5.95. The van der Waals surface area contributed by atoms with Crippen LogP contribution in [-0.2, 0) is 14.9 Å². The quantitative estimate of drug-likeness (QED) is 0.287. The van der Waals surface area contributed by atoms with Gasteiger partial charge in [0.2, 0.25) is 5.41 Å². The molecule has 0 aromatic heterocycles. The highest BCUT2D eigenvalue weighted by Gasteiger charge is 2.73. The Bertz CT molecular complexity index is 1030. The highest BCUT2D eigenvalue weighted by atomic mass is 19.4. The monoisotopic (exact) mass is 504 g/mol. The van der Waals surface area contributed by atoms with Crippen LogP contribution in [0.4, 0.5) is 26.3 Å². The van der Waals surface area contributed by atoms with E-state index in [1.54, 1.807) is 13.8 Å². The van der Waals surface area contributed by atoms with Crippen molar-refractivity contribution in [2.75, 3.05) is 0 Å². The van der Waals surface area contributed by atoms with Crippen LogP contribution in [0.2, 0.25) is 0 Å². The number of hydrogen-bond donors (Lipinski definition) is 0. The largest absolute Gasteiger partial charge is 0.459 e. The topological polar surface area (TPSA) is 52.6 Å². The van der Waals surface area contributed by atoms with E-state index < -0.39 is 64.2 Å². The van der Waals surface area contributed by atoms with Crippen molar-refractivity contribution < 1.29 is 45.4 Å². The minimum absolute atomic E-state index is 0.304. The fourth-order valence-corrected chi connectivity index (χ4v) is 3.48. The Morgan fingerprint density at radius 2 is 1.29 bits per heavy atom. The zero-order valence-corrected chi connectivity index (χ0v) is 19.6. The van der Waals surface area contributed by atoms with Crippen molar-refractivity contribution in [1.82, 2.24) is 0 Å². The molecular weight excluding hydrogens is 478 g/mol. The molecule has 35 heavy (non-hydrogen) atoms. The highest BCUT2D eigenvalue weighted by Crippen LogP contribution is 2.57. The Morgan fingerprint density at radius 1 is 0.771 bits per heavy atom. The predicted octanol–water partition coefficient (Wildman–Crippen LogP) is 7.01. The van der Waals surface area contributed by atoms with Gasteiger partial charge in [-0.05, 0) is 56.0 Å². The van der Waals surface area contributed by atoms with Gasteiger partial charge in [-0.3, -0.25) is 0 Å². The van der Waals surface area contributed by atoms with Crippen LogP contribution in [0.25, 0.3) is 0 Å². The van der Waals surface area contributed by atoms with Gasteiger partial charge in [-0.25, -0.2) is 9.59 Å². The Hall–Kier alpha value is -3.04. The van der Waals surface area contributed by atoms with E-state index in [1.807, 2.05) is 0 Å². The molecule has 2 aromatic rings. The summed E-state index contributed by atoms with van der Waals surface area (Å²) in [4.78, 5) is 25.1. The molecule has 4 nitrogen and oxygen atoms in total. The van der Waals surface area contributed by atoms with E-state index in [4.69, 9.17) is 9.47 Å². The summed E-state index contributed by atoms with van der Waals surface area (Å²) in [7, 11) is 0. The van der Waals surface area contributed by atoms with Gasteiger partial charge in [-0.15, -0.1) is 0 Å². The molecule has 2 aromatic carbocycles. The van der Waals surface area contributed by atoms with Gasteiger partial charge >= 0.3 is 24.3 Å². The number of ether oxygens (including phenoxy) is 2. The standard InChI is InChI=1S/C25H26F6O4/c1-5-15(3)34-21(32)17-10-9-11-18(14-17)23(24(26,27)28,25(29,30)31)20-13-8-7-12-19(20)22(33)35-16(4)6-2/h7-16H,5-6H2,1-4H3. The van der Waals surface area contributed by atoms with Crippen LogP contribution in [0, 0.1) is 0 Å². The Balaban J connectivity index is 2.86. The van der Waals surface area contributed by atoms with Crippen LogP contribution in [0.1, 0.15) is 72.4 Å². The molecule has 0 fully saturated rings. The number of halogens is 6. The third-order valence-electron chi connectivity index (χ3n) is 5.70. The van der Waals surface area contributed by atoms with Crippen molar-refractivity contribution in [3.8, 4) is 0 Å². The molecule has 0 aliphatic rings. The van der Waals surface area contributed by atoms with Gasteiger partial charge in [0.25, 0.3) is 0 Å². The van der Waals surface area contributed by atoms with Gasteiger partial charge in [-0.2, -0.15) is 26.3 Å².